The van der Waals surface area contributed by atoms with Crippen molar-refractivity contribution in [1.29, 1.82) is 0 Å². The average Bonchev–Trinajstić information content (AvgIpc) is 2.88. The molecule has 0 saturated heterocycles. The van der Waals surface area contributed by atoms with E-state index in [-0.39, 0.29) is 11.5 Å². The topological polar surface area (TPSA) is 69.9 Å². The third kappa shape index (κ3) is 4.08. The number of sulfone groups is 1. The van der Waals surface area contributed by atoms with Gasteiger partial charge in [-0.1, -0.05) is 13.8 Å². The van der Waals surface area contributed by atoms with Gasteiger partial charge >= 0.3 is 0 Å². The van der Waals surface area contributed by atoms with Crippen LogP contribution >= 0.6 is 0 Å². The fourth-order valence-corrected chi connectivity index (χ4v) is 3.27. The number of nitrogens with zero attached hydrogens (tertiary/aromatic N) is 2. The minimum Gasteiger partial charge on any atom is -0.490 e. The van der Waals surface area contributed by atoms with Crippen molar-refractivity contribution in [2.75, 3.05) is 20.3 Å². The quantitative estimate of drug-likeness (QED) is 0.769. The first-order valence-electron chi connectivity index (χ1n) is 8.02. The van der Waals surface area contributed by atoms with E-state index in [2.05, 4.69) is 4.98 Å². The first-order valence-corrected chi connectivity index (χ1v) is 9.51. The smallest absolute Gasteiger partial charge is 0.188 e. The molecule has 0 N–H and O–H groups in total. The number of ether oxygens (including phenoxy) is 2. The predicted molar refractivity (Wildman–Crippen MR) is 95.6 cm³/mol. The van der Waals surface area contributed by atoms with Crippen LogP contribution in [0.15, 0.2) is 23.4 Å². The number of aryl methyl sites for hydroxylation is 1. The highest BCUT2D eigenvalue weighted by molar-refractivity contribution is 7.92. The van der Waals surface area contributed by atoms with Gasteiger partial charge < -0.3 is 13.9 Å². The zero-order valence-corrected chi connectivity index (χ0v) is 16.4. The maximum Gasteiger partial charge on any atom is 0.188 e. The molecule has 2 aromatic rings. The number of hydrogen-bond acceptors (Lipinski definition) is 5. The van der Waals surface area contributed by atoms with Crippen molar-refractivity contribution in [1.82, 2.24) is 9.38 Å². The van der Waals surface area contributed by atoms with Crippen LogP contribution in [0.5, 0.6) is 5.75 Å². The molecule has 0 saturated carbocycles. The molecule has 0 amide bonds. The maximum atomic E-state index is 12.8. The van der Waals surface area contributed by atoms with E-state index in [0.29, 0.717) is 18.0 Å². The van der Waals surface area contributed by atoms with Gasteiger partial charge in [-0.15, -0.1) is 0 Å². The van der Waals surface area contributed by atoms with Crippen LogP contribution in [0.3, 0.4) is 0 Å². The van der Waals surface area contributed by atoms with Gasteiger partial charge in [-0.3, -0.25) is 0 Å². The van der Waals surface area contributed by atoms with Crippen molar-refractivity contribution in [3.63, 3.8) is 0 Å². The molecular weight excluding hydrogens is 328 g/mol. The Labute approximate surface area is 144 Å². The lowest BCUT2D eigenvalue weighted by molar-refractivity contribution is 0.144. The maximum absolute atomic E-state index is 12.8. The summed E-state index contributed by atoms with van der Waals surface area (Å²) in [5.74, 6) is 0.310. The molecule has 0 atom stereocenters. The van der Waals surface area contributed by atoms with Crippen LogP contribution in [0.2, 0.25) is 0 Å². The number of aromatic nitrogens is 2. The Balaban J connectivity index is 0.00000139. The second-order valence-electron chi connectivity index (χ2n) is 6.09. The van der Waals surface area contributed by atoms with Crippen LogP contribution in [-0.4, -0.2) is 42.9 Å². The fourth-order valence-electron chi connectivity index (χ4n) is 1.99. The number of fused-ring (bicyclic) bond motifs is 1. The third-order valence-corrected chi connectivity index (χ3v) is 5.90. The van der Waals surface area contributed by atoms with Crippen molar-refractivity contribution in [2.24, 2.45) is 0 Å². The van der Waals surface area contributed by atoms with E-state index >= 15 is 0 Å². The summed E-state index contributed by atoms with van der Waals surface area (Å²) in [6.45, 7) is 11.6. The lowest BCUT2D eigenvalue weighted by Gasteiger charge is -2.21. The van der Waals surface area contributed by atoms with Gasteiger partial charge in [0.2, 0.25) is 0 Å². The summed E-state index contributed by atoms with van der Waals surface area (Å²) in [5.41, 5.74) is 1.52. The van der Waals surface area contributed by atoms with Gasteiger partial charge in [-0.2, -0.15) is 0 Å². The zero-order chi connectivity index (χ0) is 18.5. The van der Waals surface area contributed by atoms with Crippen molar-refractivity contribution >= 4 is 15.5 Å². The molecule has 24 heavy (non-hydrogen) atoms. The van der Waals surface area contributed by atoms with Crippen LogP contribution in [0.4, 0.5) is 0 Å². The van der Waals surface area contributed by atoms with E-state index in [1.165, 1.54) is 0 Å². The highest BCUT2D eigenvalue weighted by atomic mass is 32.2. The van der Waals surface area contributed by atoms with Crippen LogP contribution in [0.1, 0.15) is 40.3 Å². The Hall–Kier alpha value is -1.60. The van der Waals surface area contributed by atoms with Crippen LogP contribution < -0.4 is 4.74 Å². The first-order chi connectivity index (χ1) is 11.2. The monoisotopic (exact) mass is 356 g/mol. The summed E-state index contributed by atoms with van der Waals surface area (Å²) < 4.78 is 37.1. The molecule has 0 unspecified atom stereocenters. The molecule has 0 fully saturated rings. The molecule has 0 aliphatic rings. The summed E-state index contributed by atoms with van der Waals surface area (Å²) in [5, 5.41) is 0. The van der Waals surface area contributed by atoms with Gasteiger partial charge in [0.15, 0.2) is 9.84 Å². The second-order valence-corrected chi connectivity index (χ2v) is 8.76. The lowest BCUT2D eigenvalue weighted by atomic mass is 10.3. The number of imidazole rings is 1. The van der Waals surface area contributed by atoms with Crippen molar-refractivity contribution in [3.05, 3.63) is 24.2 Å². The van der Waals surface area contributed by atoms with E-state index in [4.69, 9.17) is 9.47 Å². The summed E-state index contributed by atoms with van der Waals surface area (Å²) in [6.07, 6.45) is 3.28. The van der Waals surface area contributed by atoms with E-state index in [0.717, 1.165) is 5.69 Å². The minimum atomic E-state index is -3.54. The Kier molecular flexibility index (Phi) is 6.80. The highest BCUT2D eigenvalue weighted by Gasteiger charge is 2.34. The van der Waals surface area contributed by atoms with Gasteiger partial charge in [-0.25, -0.2) is 13.4 Å². The Morgan fingerprint density at radius 3 is 2.38 bits per heavy atom. The molecular formula is C17H28N2O4S. The Bertz CT molecular complexity index is 774. The third-order valence-electron chi connectivity index (χ3n) is 3.40. The first kappa shape index (κ1) is 20.4. The molecule has 0 radical (unpaired) electrons. The van der Waals surface area contributed by atoms with Crippen molar-refractivity contribution in [3.8, 4) is 5.75 Å². The van der Waals surface area contributed by atoms with Gasteiger partial charge in [0.05, 0.1) is 11.4 Å². The van der Waals surface area contributed by atoms with Crippen molar-refractivity contribution in [2.45, 2.75) is 51.2 Å². The van der Waals surface area contributed by atoms with Crippen LogP contribution in [-0.2, 0) is 14.6 Å². The molecule has 0 aliphatic heterocycles. The molecule has 2 rings (SSSR count). The Morgan fingerprint density at radius 2 is 1.83 bits per heavy atom. The predicted octanol–water partition coefficient (Wildman–Crippen LogP) is 3.27. The number of pyridine rings is 1. The van der Waals surface area contributed by atoms with Crippen LogP contribution in [0.25, 0.3) is 5.65 Å². The molecule has 0 aromatic carbocycles. The lowest BCUT2D eigenvalue weighted by Crippen LogP contribution is -2.28. The number of hydrogen-bond donors (Lipinski definition) is 0. The molecule has 136 valence electrons. The van der Waals surface area contributed by atoms with Gasteiger partial charge in [0.1, 0.15) is 22.9 Å². The van der Waals surface area contributed by atoms with Crippen LogP contribution in [0, 0.1) is 6.92 Å². The van der Waals surface area contributed by atoms with E-state index < -0.39 is 14.6 Å². The largest absolute Gasteiger partial charge is 0.490 e. The minimum absolute atomic E-state index is 0.171. The van der Waals surface area contributed by atoms with E-state index in [1.807, 2.05) is 20.8 Å². The summed E-state index contributed by atoms with van der Waals surface area (Å²) in [4.78, 5) is 4.42. The molecule has 6 nitrogen and oxygen atoms in total. The summed E-state index contributed by atoms with van der Waals surface area (Å²) >= 11 is 0. The van der Waals surface area contributed by atoms with E-state index in [1.54, 1.807) is 50.7 Å². The fraction of sp³-hybridized carbons (Fsp3) is 0.588. The SMILES string of the molecule is CC.COCCOc1cc2ncc(C)n2cc1S(=O)(=O)C(C)(C)C. The van der Waals surface area contributed by atoms with Gasteiger partial charge in [0, 0.05) is 31.3 Å². The Morgan fingerprint density at radius 1 is 1.21 bits per heavy atom. The number of rotatable bonds is 5. The molecule has 7 heteroatoms. The van der Waals surface area contributed by atoms with Crippen molar-refractivity contribution < 1.29 is 17.9 Å². The molecule has 0 spiro atoms. The summed E-state index contributed by atoms with van der Waals surface area (Å²) in [6, 6.07) is 1.65. The molecule has 0 aliphatic carbocycles. The van der Waals surface area contributed by atoms with Gasteiger partial charge in [-0.05, 0) is 27.7 Å². The standard InChI is InChI=1S/C15H22N2O4S.C2H6/c1-11-9-16-14-8-12(21-7-6-20-5)13(10-17(11)14)22(18,19)15(2,3)4;1-2/h8-10H,6-7H2,1-5H3;1-2H3. The van der Waals surface area contributed by atoms with Gasteiger partial charge in [0.25, 0.3) is 0 Å². The zero-order valence-electron chi connectivity index (χ0n) is 15.6. The molecule has 2 aromatic heterocycles. The highest BCUT2D eigenvalue weighted by Crippen LogP contribution is 2.33. The average molecular weight is 356 g/mol. The normalized spacial score (nSPS) is 12.0. The molecule has 0 bridgehead atoms. The summed E-state index contributed by atoms with van der Waals surface area (Å²) in [7, 11) is -1.98. The number of methoxy groups -OCH3 is 1. The van der Waals surface area contributed by atoms with E-state index in [9.17, 15) is 8.42 Å². The molecule has 2 heterocycles. The second kappa shape index (κ2) is 7.98.